The van der Waals surface area contributed by atoms with Crippen molar-refractivity contribution in [2.75, 3.05) is 14.2 Å². The quantitative estimate of drug-likeness (QED) is 0.883. The zero-order chi connectivity index (χ0) is 13.7. The molecule has 0 amide bonds. The summed E-state index contributed by atoms with van der Waals surface area (Å²) >= 11 is 0. The zero-order valence-corrected chi connectivity index (χ0v) is 11.5. The van der Waals surface area contributed by atoms with E-state index in [4.69, 9.17) is 14.7 Å². The molecule has 2 atom stereocenters. The van der Waals surface area contributed by atoms with E-state index in [0.29, 0.717) is 12.6 Å². The van der Waals surface area contributed by atoms with E-state index in [1.165, 1.54) is 0 Å². The highest BCUT2D eigenvalue weighted by molar-refractivity contribution is 5.40. The maximum absolute atomic E-state index is 9.08. The molecule has 1 aromatic carbocycles. The lowest BCUT2D eigenvalue weighted by Gasteiger charge is -2.17. The summed E-state index contributed by atoms with van der Waals surface area (Å²) in [4.78, 5) is 0. The van der Waals surface area contributed by atoms with Crippen LogP contribution in [0.15, 0.2) is 18.2 Å². The zero-order valence-electron chi connectivity index (χ0n) is 11.5. The highest BCUT2D eigenvalue weighted by Gasteiger charge is 2.26. The predicted molar refractivity (Wildman–Crippen MR) is 73.1 cm³/mol. The van der Waals surface area contributed by atoms with Crippen molar-refractivity contribution < 1.29 is 9.47 Å². The maximum Gasteiger partial charge on any atom is 0.123 e. The van der Waals surface area contributed by atoms with Crippen molar-refractivity contribution in [3.05, 3.63) is 23.8 Å². The Morgan fingerprint density at radius 1 is 1.32 bits per heavy atom. The topological polar surface area (TPSA) is 54.3 Å². The summed E-state index contributed by atoms with van der Waals surface area (Å²) in [5.41, 5.74) is 1.06. The molecule has 0 spiro atoms. The molecule has 1 aliphatic carbocycles. The molecule has 1 aromatic rings. The third kappa shape index (κ3) is 3.18. The third-order valence-corrected chi connectivity index (χ3v) is 3.72. The summed E-state index contributed by atoms with van der Waals surface area (Å²) < 4.78 is 10.6. The van der Waals surface area contributed by atoms with Crippen LogP contribution in [0.2, 0.25) is 0 Å². The summed E-state index contributed by atoms with van der Waals surface area (Å²) in [6.45, 7) is 0.698. The second-order valence-corrected chi connectivity index (χ2v) is 4.83. The van der Waals surface area contributed by atoms with Gasteiger partial charge in [-0.3, -0.25) is 0 Å². The van der Waals surface area contributed by atoms with Crippen LogP contribution in [-0.2, 0) is 6.54 Å². The summed E-state index contributed by atoms with van der Waals surface area (Å²) in [6.07, 6.45) is 3.21. The number of nitrogens with one attached hydrogen (secondary N) is 1. The maximum atomic E-state index is 9.08. The van der Waals surface area contributed by atoms with Gasteiger partial charge in [-0.25, -0.2) is 0 Å². The minimum atomic E-state index is 0.136. The molecule has 1 aliphatic rings. The molecule has 0 bridgehead atoms. The fourth-order valence-corrected chi connectivity index (χ4v) is 2.62. The third-order valence-electron chi connectivity index (χ3n) is 3.72. The number of benzene rings is 1. The Balaban J connectivity index is 2.04. The van der Waals surface area contributed by atoms with Gasteiger partial charge in [0.15, 0.2) is 0 Å². The van der Waals surface area contributed by atoms with Gasteiger partial charge in [-0.1, -0.05) is 6.42 Å². The molecule has 102 valence electrons. The first-order valence-electron chi connectivity index (χ1n) is 6.62. The highest BCUT2D eigenvalue weighted by Crippen LogP contribution is 2.27. The summed E-state index contributed by atoms with van der Waals surface area (Å²) in [5, 5.41) is 12.5. The van der Waals surface area contributed by atoms with Crippen LogP contribution in [0, 0.1) is 17.2 Å². The normalized spacial score (nSPS) is 21.9. The van der Waals surface area contributed by atoms with Gasteiger partial charge >= 0.3 is 0 Å². The number of rotatable bonds is 5. The van der Waals surface area contributed by atoms with Crippen LogP contribution in [-0.4, -0.2) is 20.3 Å². The van der Waals surface area contributed by atoms with Crippen molar-refractivity contribution >= 4 is 0 Å². The molecule has 2 unspecified atom stereocenters. The van der Waals surface area contributed by atoms with E-state index in [1.807, 2.05) is 18.2 Å². The van der Waals surface area contributed by atoms with Crippen molar-refractivity contribution in [1.82, 2.24) is 5.32 Å². The standard InChI is InChI=1S/C15H20N2O2/c1-18-13-6-7-15(19-2)12(8-13)10-17-14-5-3-4-11(14)9-16/h6-8,11,14,17H,3-5,10H2,1-2H3. The van der Waals surface area contributed by atoms with Crippen molar-refractivity contribution in [1.29, 1.82) is 5.26 Å². The molecule has 0 aliphatic heterocycles. The van der Waals surface area contributed by atoms with Crippen LogP contribution < -0.4 is 14.8 Å². The number of nitriles is 1. The predicted octanol–water partition coefficient (Wildman–Crippen LogP) is 2.49. The number of nitrogens with zero attached hydrogens (tertiary/aromatic N) is 1. The first-order valence-corrected chi connectivity index (χ1v) is 6.62. The van der Waals surface area contributed by atoms with Gasteiger partial charge in [-0.05, 0) is 31.0 Å². The summed E-state index contributed by atoms with van der Waals surface area (Å²) in [6, 6.07) is 8.44. The monoisotopic (exact) mass is 260 g/mol. The number of hydrogen-bond acceptors (Lipinski definition) is 4. The lowest BCUT2D eigenvalue weighted by atomic mass is 10.1. The van der Waals surface area contributed by atoms with Crippen LogP contribution in [0.3, 0.4) is 0 Å². The molecule has 0 heterocycles. The summed E-state index contributed by atoms with van der Waals surface area (Å²) in [5.74, 6) is 1.80. The SMILES string of the molecule is COc1ccc(OC)c(CNC2CCCC2C#N)c1. The van der Waals surface area contributed by atoms with E-state index >= 15 is 0 Å². The Morgan fingerprint density at radius 3 is 2.84 bits per heavy atom. The van der Waals surface area contributed by atoms with Gasteiger partial charge in [0.05, 0.1) is 26.2 Å². The van der Waals surface area contributed by atoms with Gasteiger partial charge in [0.1, 0.15) is 11.5 Å². The van der Waals surface area contributed by atoms with Crippen molar-refractivity contribution in [2.24, 2.45) is 5.92 Å². The van der Waals surface area contributed by atoms with Gasteiger partial charge in [-0.2, -0.15) is 5.26 Å². The minimum absolute atomic E-state index is 0.136. The van der Waals surface area contributed by atoms with Crippen LogP contribution in [0.1, 0.15) is 24.8 Å². The van der Waals surface area contributed by atoms with E-state index in [-0.39, 0.29) is 5.92 Å². The Bertz CT molecular complexity index is 468. The average Bonchev–Trinajstić information content (AvgIpc) is 2.92. The molecule has 1 N–H and O–H groups in total. The second kappa shape index (κ2) is 6.44. The van der Waals surface area contributed by atoms with E-state index in [2.05, 4.69) is 11.4 Å². The molecule has 0 aromatic heterocycles. The first-order chi connectivity index (χ1) is 9.28. The van der Waals surface area contributed by atoms with Gasteiger partial charge in [0.25, 0.3) is 0 Å². The van der Waals surface area contributed by atoms with Gasteiger partial charge in [0, 0.05) is 18.2 Å². The lowest BCUT2D eigenvalue weighted by molar-refractivity contribution is 0.392. The second-order valence-electron chi connectivity index (χ2n) is 4.83. The molecular formula is C15H20N2O2. The molecule has 0 saturated heterocycles. The fourth-order valence-electron chi connectivity index (χ4n) is 2.62. The van der Waals surface area contributed by atoms with E-state index in [0.717, 1.165) is 36.3 Å². The van der Waals surface area contributed by atoms with Crippen LogP contribution in [0.4, 0.5) is 0 Å². The fraction of sp³-hybridized carbons (Fsp3) is 0.533. The smallest absolute Gasteiger partial charge is 0.123 e. The first kappa shape index (κ1) is 13.7. The van der Waals surface area contributed by atoms with E-state index < -0.39 is 0 Å². The molecule has 19 heavy (non-hydrogen) atoms. The van der Waals surface area contributed by atoms with Crippen molar-refractivity contribution in [2.45, 2.75) is 31.8 Å². The Morgan fingerprint density at radius 2 is 2.16 bits per heavy atom. The van der Waals surface area contributed by atoms with Crippen LogP contribution >= 0.6 is 0 Å². The molecule has 0 radical (unpaired) electrons. The molecule has 4 heteroatoms. The van der Waals surface area contributed by atoms with Crippen LogP contribution in [0.25, 0.3) is 0 Å². The van der Waals surface area contributed by atoms with Crippen molar-refractivity contribution in [3.8, 4) is 17.6 Å². The summed E-state index contributed by atoms with van der Waals surface area (Å²) in [7, 11) is 3.32. The van der Waals surface area contributed by atoms with E-state index in [1.54, 1.807) is 14.2 Å². The average molecular weight is 260 g/mol. The van der Waals surface area contributed by atoms with Gasteiger partial charge in [0.2, 0.25) is 0 Å². The molecule has 2 rings (SSSR count). The Kier molecular flexibility index (Phi) is 4.64. The van der Waals surface area contributed by atoms with Crippen molar-refractivity contribution in [3.63, 3.8) is 0 Å². The van der Waals surface area contributed by atoms with Gasteiger partial charge < -0.3 is 14.8 Å². The Hall–Kier alpha value is -1.73. The highest BCUT2D eigenvalue weighted by atomic mass is 16.5. The largest absolute Gasteiger partial charge is 0.497 e. The lowest BCUT2D eigenvalue weighted by Crippen LogP contribution is -2.31. The number of ether oxygens (including phenoxy) is 2. The number of hydrogen-bond donors (Lipinski definition) is 1. The van der Waals surface area contributed by atoms with Crippen LogP contribution in [0.5, 0.6) is 11.5 Å². The van der Waals surface area contributed by atoms with Gasteiger partial charge in [-0.15, -0.1) is 0 Å². The number of methoxy groups -OCH3 is 2. The Labute approximate surface area is 114 Å². The minimum Gasteiger partial charge on any atom is -0.497 e. The molecule has 1 saturated carbocycles. The molecule has 4 nitrogen and oxygen atoms in total. The van der Waals surface area contributed by atoms with E-state index in [9.17, 15) is 0 Å². The molecular weight excluding hydrogens is 240 g/mol. The molecule has 1 fully saturated rings.